The molecule has 1 saturated heterocycles. The smallest absolute Gasteiger partial charge is 0.140 e. The maximum atomic E-state index is 14.0. The zero-order chi connectivity index (χ0) is 20.7. The number of H-pyrrole nitrogens is 1. The van der Waals surface area contributed by atoms with Crippen LogP contribution in [-0.4, -0.2) is 34.2 Å². The second-order valence-electron chi connectivity index (χ2n) is 7.97. The van der Waals surface area contributed by atoms with Gasteiger partial charge in [0.15, 0.2) is 0 Å². The molecule has 156 valence electrons. The summed E-state index contributed by atoms with van der Waals surface area (Å²) in [5.41, 5.74) is 3.46. The average Bonchev–Trinajstić information content (AvgIpc) is 3.39. The van der Waals surface area contributed by atoms with Crippen LogP contribution >= 0.6 is 23.2 Å². The zero-order valence-corrected chi connectivity index (χ0v) is 17.9. The molecule has 0 saturated carbocycles. The number of ether oxygens (including phenoxy) is 1. The van der Waals surface area contributed by atoms with Crippen LogP contribution in [-0.2, 0) is 6.42 Å². The van der Waals surface area contributed by atoms with Gasteiger partial charge in [-0.2, -0.15) is 5.10 Å². The Hall–Kier alpha value is -2.08. The second-order valence-corrected chi connectivity index (χ2v) is 8.82. The molecule has 1 N–H and O–H groups in total. The van der Waals surface area contributed by atoms with Crippen molar-refractivity contribution in [1.82, 2.24) is 15.1 Å². The van der Waals surface area contributed by atoms with Crippen molar-refractivity contribution in [3.63, 3.8) is 0 Å². The molecule has 0 amide bonds. The van der Waals surface area contributed by atoms with Gasteiger partial charge >= 0.3 is 0 Å². The number of hydrogen-bond donors (Lipinski definition) is 1. The van der Waals surface area contributed by atoms with E-state index in [1.807, 2.05) is 6.07 Å². The molecule has 0 unspecified atom stereocenters. The van der Waals surface area contributed by atoms with Crippen LogP contribution in [0.5, 0.6) is 5.75 Å². The van der Waals surface area contributed by atoms with Crippen molar-refractivity contribution in [2.45, 2.75) is 37.8 Å². The van der Waals surface area contributed by atoms with Crippen molar-refractivity contribution < 1.29 is 9.13 Å². The van der Waals surface area contributed by atoms with Crippen molar-refractivity contribution >= 4 is 23.2 Å². The van der Waals surface area contributed by atoms with Crippen LogP contribution in [0.15, 0.2) is 42.6 Å². The van der Waals surface area contributed by atoms with Crippen LogP contribution in [0.25, 0.3) is 11.3 Å². The third kappa shape index (κ3) is 3.70. The number of nitrogens with zero attached hydrogens (tertiary/aromatic N) is 2. The first-order chi connectivity index (χ1) is 14.6. The van der Waals surface area contributed by atoms with Crippen LogP contribution in [0, 0.1) is 5.82 Å². The van der Waals surface area contributed by atoms with E-state index in [-0.39, 0.29) is 18.0 Å². The fourth-order valence-electron chi connectivity index (χ4n) is 4.69. The van der Waals surface area contributed by atoms with E-state index in [4.69, 9.17) is 27.9 Å². The number of hydrogen-bond acceptors (Lipinski definition) is 3. The number of piperidine rings is 1. The van der Waals surface area contributed by atoms with Crippen LogP contribution in [0.4, 0.5) is 4.39 Å². The number of likely N-dealkylation sites (tertiary alicyclic amines) is 1. The van der Waals surface area contributed by atoms with Crippen LogP contribution < -0.4 is 4.74 Å². The fraction of sp³-hybridized carbons (Fsp3) is 0.348. The fourth-order valence-corrected chi connectivity index (χ4v) is 5.27. The summed E-state index contributed by atoms with van der Waals surface area (Å²) in [7, 11) is 0. The van der Waals surface area contributed by atoms with Crippen molar-refractivity contribution in [1.29, 1.82) is 0 Å². The second kappa shape index (κ2) is 8.22. The summed E-state index contributed by atoms with van der Waals surface area (Å²) in [6.45, 7) is 2.08. The first-order valence-electron chi connectivity index (χ1n) is 10.3. The van der Waals surface area contributed by atoms with Crippen molar-refractivity contribution in [2.24, 2.45) is 0 Å². The molecule has 1 aliphatic heterocycles. The Kier molecular flexibility index (Phi) is 5.44. The maximum Gasteiger partial charge on any atom is 0.140 e. The third-order valence-corrected chi connectivity index (χ3v) is 6.67. The maximum absolute atomic E-state index is 14.0. The van der Waals surface area contributed by atoms with Gasteiger partial charge in [0, 0.05) is 27.4 Å². The molecule has 30 heavy (non-hydrogen) atoms. The van der Waals surface area contributed by atoms with Gasteiger partial charge in [-0.1, -0.05) is 29.6 Å². The first kappa shape index (κ1) is 19.9. The van der Waals surface area contributed by atoms with Gasteiger partial charge in [0.05, 0.1) is 11.7 Å². The molecule has 1 aliphatic carbocycles. The summed E-state index contributed by atoms with van der Waals surface area (Å²) < 4.78 is 20.6. The van der Waals surface area contributed by atoms with Gasteiger partial charge in [0.25, 0.3) is 0 Å². The van der Waals surface area contributed by atoms with E-state index in [1.54, 1.807) is 24.4 Å². The topological polar surface area (TPSA) is 41.1 Å². The summed E-state index contributed by atoms with van der Waals surface area (Å²) in [6, 6.07) is 10.3. The molecule has 0 bridgehead atoms. The van der Waals surface area contributed by atoms with Crippen molar-refractivity contribution in [3.8, 4) is 17.0 Å². The van der Waals surface area contributed by atoms with E-state index in [1.165, 1.54) is 31.4 Å². The Bertz CT molecular complexity index is 1050. The van der Waals surface area contributed by atoms with Crippen molar-refractivity contribution in [3.05, 3.63) is 69.6 Å². The molecule has 0 spiro atoms. The van der Waals surface area contributed by atoms with E-state index >= 15 is 0 Å². The lowest BCUT2D eigenvalue weighted by Gasteiger charge is -2.36. The van der Waals surface area contributed by atoms with E-state index in [0.717, 1.165) is 30.6 Å². The molecule has 7 heteroatoms. The average molecular weight is 446 g/mol. The van der Waals surface area contributed by atoms with E-state index in [2.05, 4.69) is 15.1 Å². The Balaban J connectivity index is 1.56. The first-order valence-corrected chi connectivity index (χ1v) is 11.0. The normalized spacial score (nSPS) is 21.6. The number of aromatic nitrogens is 2. The highest BCUT2D eigenvalue weighted by Gasteiger charge is 2.40. The predicted molar refractivity (Wildman–Crippen MR) is 117 cm³/mol. The summed E-state index contributed by atoms with van der Waals surface area (Å²) in [6.07, 6.45) is 5.85. The lowest BCUT2D eigenvalue weighted by atomic mass is 10.0. The minimum Gasteiger partial charge on any atom is -0.483 e. The van der Waals surface area contributed by atoms with Gasteiger partial charge in [-0.25, -0.2) is 4.39 Å². The summed E-state index contributed by atoms with van der Waals surface area (Å²) in [5, 5.41) is 8.19. The van der Waals surface area contributed by atoms with Gasteiger partial charge in [0.2, 0.25) is 0 Å². The lowest BCUT2D eigenvalue weighted by molar-refractivity contribution is 0.0651. The predicted octanol–water partition coefficient (Wildman–Crippen LogP) is 6.05. The summed E-state index contributed by atoms with van der Waals surface area (Å²) >= 11 is 12.9. The zero-order valence-electron chi connectivity index (χ0n) is 16.4. The molecule has 4 nitrogen and oxygen atoms in total. The molecule has 0 radical (unpaired) electrons. The minimum atomic E-state index is -0.322. The SMILES string of the molecule is Fc1ccc(O[C@H]2c3cc(Cl)cc(Cl)c3C[C@@H]2N2CCCCC2)c(-c2ccn[nH]2)c1. The number of aromatic amines is 1. The molecule has 2 aliphatic rings. The third-order valence-electron chi connectivity index (χ3n) is 6.11. The molecule has 2 aromatic carbocycles. The molecule has 1 fully saturated rings. The molecule has 2 atom stereocenters. The standard InChI is InChI=1S/C23H22Cl2FN3O/c24-14-10-17-16(19(25)11-14)13-21(29-8-2-1-3-9-29)23(17)30-22-5-4-15(26)12-18(22)20-6-7-27-28-20/h4-7,10-12,21,23H,1-3,8-9,13H2,(H,27,28)/t21-,23-/m0/s1. The van der Waals surface area contributed by atoms with Crippen LogP contribution in [0.1, 0.15) is 36.5 Å². The molecular formula is C23H22Cl2FN3O. The summed E-state index contributed by atoms with van der Waals surface area (Å²) in [4.78, 5) is 2.50. The number of fused-ring (bicyclic) bond motifs is 1. The summed E-state index contributed by atoms with van der Waals surface area (Å²) in [5.74, 6) is 0.286. The Morgan fingerprint density at radius 3 is 2.67 bits per heavy atom. The Morgan fingerprint density at radius 2 is 1.90 bits per heavy atom. The molecular weight excluding hydrogens is 424 g/mol. The van der Waals surface area contributed by atoms with Crippen molar-refractivity contribution in [2.75, 3.05) is 13.1 Å². The molecule has 2 heterocycles. The van der Waals surface area contributed by atoms with Gasteiger partial charge < -0.3 is 4.74 Å². The van der Waals surface area contributed by atoms with Crippen LogP contribution in [0.2, 0.25) is 10.0 Å². The highest BCUT2D eigenvalue weighted by Crippen LogP contribution is 2.44. The van der Waals surface area contributed by atoms with Gasteiger partial charge in [-0.05, 0) is 74.3 Å². The Morgan fingerprint density at radius 1 is 1.07 bits per heavy atom. The number of halogens is 3. The lowest BCUT2D eigenvalue weighted by Crippen LogP contribution is -2.43. The molecule has 3 aromatic rings. The largest absolute Gasteiger partial charge is 0.483 e. The quantitative estimate of drug-likeness (QED) is 0.530. The number of rotatable bonds is 4. The number of nitrogens with one attached hydrogen (secondary N) is 1. The van der Waals surface area contributed by atoms with Gasteiger partial charge in [0.1, 0.15) is 17.7 Å². The number of benzene rings is 2. The highest BCUT2D eigenvalue weighted by atomic mass is 35.5. The monoisotopic (exact) mass is 445 g/mol. The van der Waals surface area contributed by atoms with E-state index in [9.17, 15) is 4.39 Å². The van der Waals surface area contributed by atoms with E-state index in [0.29, 0.717) is 27.1 Å². The molecule has 5 rings (SSSR count). The Labute approximate surface area is 184 Å². The minimum absolute atomic E-state index is 0.163. The van der Waals surface area contributed by atoms with Gasteiger partial charge in [-0.3, -0.25) is 10.00 Å². The van der Waals surface area contributed by atoms with Gasteiger partial charge in [-0.15, -0.1) is 0 Å². The molecule has 1 aromatic heterocycles. The van der Waals surface area contributed by atoms with E-state index < -0.39 is 0 Å². The highest BCUT2D eigenvalue weighted by molar-refractivity contribution is 6.35. The van der Waals surface area contributed by atoms with Crippen LogP contribution in [0.3, 0.4) is 0 Å².